The quantitative estimate of drug-likeness (QED) is 0.224. The summed E-state index contributed by atoms with van der Waals surface area (Å²) in [5.41, 5.74) is 0.854. The summed E-state index contributed by atoms with van der Waals surface area (Å²) in [6.07, 6.45) is -7.95. The molecule has 1 N–H and O–H groups in total. The molecule has 1 aliphatic heterocycles. The van der Waals surface area contributed by atoms with Gasteiger partial charge in [0, 0.05) is 38.3 Å². The van der Waals surface area contributed by atoms with Crippen molar-refractivity contribution in [3.8, 4) is 5.69 Å². The first-order valence-corrected chi connectivity index (χ1v) is 13.0. The average molecular weight is 611 g/mol. The van der Waals surface area contributed by atoms with Gasteiger partial charge in [0.2, 0.25) is 0 Å². The van der Waals surface area contributed by atoms with Crippen molar-refractivity contribution in [1.82, 2.24) is 30.1 Å². The van der Waals surface area contributed by atoms with Crippen molar-refractivity contribution in [3.05, 3.63) is 41.2 Å². The Labute approximate surface area is 235 Å². The van der Waals surface area contributed by atoms with Gasteiger partial charge in [0.15, 0.2) is 5.69 Å². The monoisotopic (exact) mass is 610 g/mol. The summed E-state index contributed by atoms with van der Waals surface area (Å²) < 4.78 is 92.3. The highest BCUT2D eigenvalue weighted by molar-refractivity contribution is 5.94. The number of rotatable bonds is 12. The molecule has 1 aliphatic rings. The van der Waals surface area contributed by atoms with Gasteiger partial charge >= 0.3 is 18.3 Å². The maximum atomic E-state index is 13.4. The fraction of sp³-hybridized carbons (Fsp3) is 0.560. The van der Waals surface area contributed by atoms with Gasteiger partial charge in [-0.05, 0) is 43.5 Å². The number of hydrogen-bond donors (Lipinski definition) is 1. The van der Waals surface area contributed by atoms with Crippen molar-refractivity contribution in [3.63, 3.8) is 0 Å². The molecule has 2 amide bonds. The van der Waals surface area contributed by atoms with Crippen LogP contribution in [0, 0.1) is 0 Å². The number of carbonyl (C=O) groups excluding carboxylic acids is 3. The van der Waals surface area contributed by atoms with E-state index in [4.69, 9.17) is 0 Å². The molecule has 17 heteroatoms. The second-order valence-corrected chi connectivity index (χ2v) is 9.41. The first-order chi connectivity index (χ1) is 19.8. The lowest BCUT2D eigenvalue weighted by atomic mass is 10.1. The van der Waals surface area contributed by atoms with Gasteiger partial charge in [-0.3, -0.25) is 18.9 Å². The van der Waals surface area contributed by atoms with E-state index in [1.54, 1.807) is 10.2 Å². The first kappa shape index (κ1) is 32.8. The van der Waals surface area contributed by atoms with Crippen LogP contribution in [0.2, 0.25) is 0 Å². The number of piperazine rings is 1. The van der Waals surface area contributed by atoms with Crippen molar-refractivity contribution >= 4 is 17.8 Å². The maximum absolute atomic E-state index is 13.4. The normalized spacial score (nSPS) is 14.6. The Morgan fingerprint density at radius 1 is 0.929 bits per heavy atom. The molecule has 1 saturated heterocycles. The number of alkyl halides is 7. The fourth-order valence-corrected chi connectivity index (χ4v) is 4.17. The lowest BCUT2D eigenvalue weighted by Gasteiger charge is -2.34. The van der Waals surface area contributed by atoms with Gasteiger partial charge in [-0.25, -0.2) is 9.48 Å². The van der Waals surface area contributed by atoms with Crippen LogP contribution in [-0.2, 0) is 16.0 Å². The molecule has 1 fully saturated rings. The lowest BCUT2D eigenvalue weighted by Crippen LogP contribution is -2.49. The number of nitrogens with zero attached hydrogens (tertiary/aromatic N) is 5. The number of esters is 1. The van der Waals surface area contributed by atoms with Crippen LogP contribution in [0.15, 0.2) is 24.3 Å². The van der Waals surface area contributed by atoms with Crippen LogP contribution in [0.5, 0.6) is 0 Å². The molecule has 0 aliphatic carbocycles. The number of hydrogen-bond acceptors (Lipinski definition) is 7. The molecular weight excluding hydrogens is 581 g/mol. The summed E-state index contributed by atoms with van der Waals surface area (Å²) in [5, 5.41) is 9.92. The van der Waals surface area contributed by atoms with Gasteiger partial charge in [0.25, 0.3) is 11.8 Å². The molecule has 0 bridgehead atoms. The molecule has 0 saturated carbocycles. The SMILES string of the molecule is O=C(NCC(F)(F)F)c1ccc(-n2nnc(C(=O)N3CCN(CCOC(=O)C(F)(F)F)CC3)c2CCCCCF)cc1. The van der Waals surface area contributed by atoms with E-state index in [2.05, 4.69) is 15.0 Å². The molecule has 0 spiro atoms. The van der Waals surface area contributed by atoms with E-state index in [0.717, 1.165) is 0 Å². The van der Waals surface area contributed by atoms with Gasteiger partial charge in [-0.2, -0.15) is 26.3 Å². The topological polar surface area (TPSA) is 110 Å². The molecule has 2 heterocycles. The summed E-state index contributed by atoms with van der Waals surface area (Å²) in [7, 11) is 0. The number of nitrogens with one attached hydrogen (secondary N) is 1. The molecule has 10 nitrogen and oxygen atoms in total. The zero-order valence-corrected chi connectivity index (χ0v) is 22.3. The number of aromatic nitrogens is 3. The van der Waals surface area contributed by atoms with E-state index in [9.17, 15) is 45.1 Å². The first-order valence-electron chi connectivity index (χ1n) is 13.0. The fourth-order valence-electron chi connectivity index (χ4n) is 4.17. The number of carbonyl (C=O) groups is 3. The van der Waals surface area contributed by atoms with Crippen LogP contribution in [0.1, 0.15) is 45.8 Å². The van der Waals surface area contributed by atoms with Crippen molar-refractivity contribution in [2.24, 2.45) is 0 Å². The summed E-state index contributed by atoms with van der Waals surface area (Å²) >= 11 is 0. The van der Waals surface area contributed by atoms with Gasteiger partial charge in [0.05, 0.1) is 18.1 Å². The molecule has 1 aromatic heterocycles. The third-order valence-electron chi connectivity index (χ3n) is 6.37. The molecule has 2 aromatic rings. The summed E-state index contributed by atoms with van der Waals surface area (Å²) in [4.78, 5) is 39.5. The minimum atomic E-state index is -5.07. The van der Waals surface area contributed by atoms with E-state index in [0.29, 0.717) is 50.2 Å². The van der Waals surface area contributed by atoms with Gasteiger partial charge in [-0.15, -0.1) is 5.10 Å². The van der Waals surface area contributed by atoms with Crippen LogP contribution < -0.4 is 5.32 Å². The number of ether oxygens (including phenoxy) is 1. The number of benzene rings is 1. The molecule has 42 heavy (non-hydrogen) atoms. The Balaban J connectivity index is 1.68. The van der Waals surface area contributed by atoms with Gasteiger partial charge < -0.3 is 15.0 Å². The zero-order chi connectivity index (χ0) is 30.9. The molecule has 232 valence electrons. The van der Waals surface area contributed by atoms with Crippen molar-refractivity contribution in [2.45, 2.75) is 38.0 Å². The summed E-state index contributed by atoms with van der Waals surface area (Å²) in [6.45, 7) is -1.30. The third kappa shape index (κ3) is 9.39. The second-order valence-electron chi connectivity index (χ2n) is 9.41. The molecule has 0 atom stereocenters. The van der Waals surface area contributed by atoms with Crippen molar-refractivity contribution in [1.29, 1.82) is 0 Å². The van der Waals surface area contributed by atoms with E-state index in [-0.39, 0.29) is 30.9 Å². The Morgan fingerprint density at radius 2 is 1.60 bits per heavy atom. The largest absolute Gasteiger partial charge is 0.490 e. The standard InChI is InChI=1S/C25H29F7N6O4/c26-9-3-1-2-4-19-20(22(40)37-12-10-36(11-13-37)14-15-42-23(41)25(30,31)32)34-35-38(19)18-7-5-17(6-8-18)21(39)33-16-24(27,28)29/h5-8H,1-4,9-16H2,(H,33,39). The predicted octanol–water partition coefficient (Wildman–Crippen LogP) is 3.11. The third-order valence-corrected chi connectivity index (χ3v) is 6.37. The molecule has 0 radical (unpaired) electrons. The summed E-state index contributed by atoms with van der Waals surface area (Å²) in [6, 6.07) is 5.51. The van der Waals surface area contributed by atoms with Crippen LogP contribution in [-0.4, -0.2) is 107 Å². The Bertz CT molecular complexity index is 1210. The highest BCUT2D eigenvalue weighted by Gasteiger charge is 2.41. The molecule has 3 rings (SSSR count). The highest BCUT2D eigenvalue weighted by Crippen LogP contribution is 2.20. The van der Waals surface area contributed by atoms with Crippen molar-refractivity contribution in [2.75, 3.05) is 52.6 Å². The Morgan fingerprint density at radius 3 is 2.19 bits per heavy atom. The number of amides is 2. The minimum absolute atomic E-state index is 0.0186. The maximum Gasteiger partial charge on any atom is 0.490 e. The average Bonchev–Trinajstić information content (AvgIpc) is 3.37. The predicted molar refractivity (Wildman–Crippen MR) is 133 cm³/mol. The Hall–Kier alpha value is -3.76. The molecular formula is C25H29F7N6O4. The molecule has 1 aromatic carbocycles. The van der Waals surface area contributed by atoms with Crippen LogP contribution >= 0.6 is 0 Å². The van der Waals surface area contributed by atoms with Gasteiger partial charge in [0.1, 0.15) is 13.2 Å². The minimum Gasteiger partial charge on any atom is -0.458 e. The van der Waals surface area contributed by atoms with Crippen LogP contribution in [0.3, 0.4) is 0 Å². The van der Waals surface area contributed by atoms with Crippen molar-refractivity contribution < 1.29 is 49.9 Å². The smallest absolute Gasteiger partial charge is 0.458 e. The lowest BCUT2D eigenvalue weighted by molar-refractivity contribution is -0.200. The summed E-state index contributed by atoms with van der Waals surface area (Å²) in [5.74, 6) is -3.62. The van der Waals surface area contributed by atoms with E-state index in [1.807, 2.05) is 0 Å². The highest BCUT2D eigenvalue weighted by atomic mass is 19.4. The van der Waals surface area contributed by atoms with Gasteiger partial charge in [-0.1, -0.05) is 11.6 Å². The number of halogens is 7. The zero-order valence-electron chi connectivity index (χ0n) is 22.3. The van der Waals surface area contributed by atoms with E-state index < -0.39 is 50.0 Å². The van der Waals surface area contributed by atoms with Crippen LogP contribution in [0.4, 0.5) is 30.7 Å². The second kappa shape index (κ2) is 14.4. The Kier molecular flexibility index (Phi) is 11.2. The number of unbranched alkanes of at least 4 members (excludes halogenated alkanes) is 2. The molecule has 0 unspecified atom stereocenters. The van der Waals surface area contributed by atoms with E-state index in [1.165, 1.54) is 33.8 Å². The van der Waals surface area contributed by atoms with Crippen LogP contribution in [0.25, 0.3) is 5.69 Å². The van der Waals surface area contributed by atoms with E-state index >= 15 is 0 Å².